The maximum Gasteiger partial charge on any atom is 0.417 e. The third-order valence-electron chi connectivity index (χ3n) is 5.16. The zero-order chi connectivity index (χ0) is 27.1. The fourth-order valence-corrected chi connectivity index (χ4v) is 3.71. The van der Waals surface area contributed by atoms with Crippen LogP contribution in [0.2, 0.25) is 5.02 Å². The number of carbonyl (C=O) groups is 1. The van der Waals surface area contributed by atoms with Crippen LogP contribution in [0.25, 0.3) is 16.7 Å². The maximum atomic E-state index is 13.4. The number of aldehydes is 1. The highest BCUT2D eigenvalue weighted by Gasteiger charge is 2.33. The molecule has 0 amide bonds. The molecule has 0 atom stereocenters. The number of anilines is 1. The zero-order valence-corrected chi connectivity index (χ0v) is 20.7. The first-order chi connectivity index (χ1) is 17.4. The lowest BCUT2D eigenvalue weighted by Crippen LogP contribution is -2.18. The summed E-state index contributed by atoms with van der Waals surface area (Å²) in [6.45, 7) is 0. The Bertz CT molecular complexity index is 1630. The molecule has 4 heterocycles. The molecule has 11 nitrogen and oxygen atoms in total. The molecular formula is C22H20ClF3N8O3. The number of hydrogen-bond donors (Lipinski definition) is 1. The van der Waals surface area contributed by atoms with E-state index in [-0.39, 0.29) is 51.0 Å². The molecule has 0 bridgehead atoms. The summed E-state index contributed by atoms with van der Waals surface area (Å²) in [4.78, 5) is 33.7. The van der Waals surface area contributed by atoms with Gasteiger partial charge in [-0.1, -0.05) is 11.6 Å². The van der Waals surface area contributed by atoms with Gasteiger partial charge in [0.25, 0.3) is 5.56 Å². The molecule has 0 spiro atoms. The van der Waals surface area contributed by atoms with Gasteiger partial charge in [0.2, 0.25) is 5.95 Å². The number of halogens is 4. The number of nitrogens with zero attached hydrogens (tertiary/aromatic N) is 7. The first kappa shape index (κ1) is 25.8. The molecule has 15 heteroatoms. The first-order valence-electron chi connectivity index (χ1n) is 10.5. The normalized spacial score (nSPS) is 12.9. The Hall–Kier alpha value is -4.33. The van der Waals surface area contributed by atoms with Crippen molar-refractivity contribution in [1.29, 1.82) is 0 Å². The second-order valence-electron chi connectivity index (χ2n) is 8.11. The predicted molar refractivity (Wildman–Crippen MR) is 130 cm³/mol. The van der Waals surface area contributed by atoms with Crippen LogP contribution in [0.4, 0.5) is 19.1 Å². The number of ether oxygens (including phenoxy) is 1. The number of rotatable bonds is 7. The molecule has 0 unspecified atom stereocenters. The van der Waals surface area contributed by atoms with Gasteiger partial charge in [0.15, 0.2) is 28.9 Å². The number of alkyl halides is 3. The Labute approximate surface area is 212 Å². The van der Waals surface area contributed by atoms with Crippen molar-refractivity contribution in [1.82, 2.24) is 33.6 Å². The van der Waals surface area contributed by atoms with Crippen molar-refractivity contribution in [2.24, 2.45) is 14.1 Å². The topological polar surface area (TPSA) is 112 Å². The van der Waals surface area contributed by atoms with E-state index in [0.717, 1.165) is 6.20 Å². The van der Waals surface area contributed by atoms with Gasteiger partial charge in [-0.05, 0) is 6.08 Å². The number of allylic oxidation sites excluding steroid dienone is 3. The van der Waals surface area contributed by atoms with Gasteiger partial charge in [-0.3, -0.25) is 9.59 Å². The minimum Gasteiger partial charge on any atom is -0.450 e. The van der Waals surface area contributed by atoms with Gasteiger partial charge in [-0.25, -0.2) is 9.50 Å². The third kappa shape index (κ3) is 5.00. The second-order valence-corrected chi connectivity index (χ2v) is 8.49. The van der Waals surface area contributed by atoms with E-state index in [2.05, 4.69) is 20.4 Å². The molecule has 0 aliphatic carbocycles. The fourth-order valence-electron chi connectivity index (χ4n) is 3.42. The van der Waals surface area contributed by atoms with Crippen molar-refractivity contribution < 1.29 is 22.7 Å². The van der Waals surface area contributed by atoms with E-state index in [9.17, 15) is 22.8 Å². The molecule has 1 N–H and O–H groups in total. The van der Waals surface area contributed by atoms with Gasteiger partial charge in [0, 0.05) is 46.8 Å². The predicted octanol–water partition coefficient (Wildman–Crippen LogP) is 3.26. The number of pyridine rings is 1. The zero-order valence-electron chi connectivity index (χ0n) is 19.9. The number of carbonyl (C=O) groups excluding carboxylic acids is 1. The number of fused-ring (bicyclic) bond motifs is 2. The minimum absolute atomic E-state index is 0.0103. The number of hydrogen-bond acceptors (Lipinski definition) is 8. The molecule has 0 saturated carbocycles. The Morgan fingerprint density at radius 1 is 1.16 bits per heavy atom. The van der Waals surface area contributed by atoms with Crippen LogP contribution in [0.3, 0.4) is 0 Å². The second kappa shape index (κ2) is 9.61. The summed E-state index contributed by atoms with van der Waals surface area (Å²) in [6, 6.07) is 0. The molecule has 0 aromatic carbocycles. The number of imidazole rings is 1. The van der Waals surface area contributed by atoms with Gasteiger partial charge < -0.3 is 24.1 Å². The fraction of sp³-hybridized carbons (Fsp3) is 0.227. The molecule has 0 fully saturated rings. The molecule has 0 aliphatic rings. The van der Waals surface area contributed by atoms with Crippen molar-refractivity contribution in [3.63, 3.8) is 0 Å². The lowest BCUT2D eigenvalue weighted by atomic mass is 10.2. The lowest BCUT2D eigenvalue weighted by Gasteiger charge is -2.13. The van der Waals surface area contributed by atoms with E-state index in [4.69, 9.17) is 16.3 Å². The van der Waals surface area contributed by atoms with Crippen molar-refractivity contribution in [3.05, 3.63) is 63.7 Å². The first-order valence-corrected chi connectivity index (χ1v) is 10.9. The van der Waals surface area contributed by atoms with Gasteiger partial charge in [-0.15, -0.1) is 0 Å². The minimum atomic E-state index is -4.69. The summed E-state index contributed by atoms with van der Waals surface area (Å²) >= 11 is 6.56. The van der Waals surface area contributed by atoms with Crippen LogP contribution in [0, 0.1) is 0 Å². The Morgan fingerprint density at radius 2 is 1.89 bits per heavy atom. The number of nitrogens with one attached hydrogen (secondary N) is 1. The van der Waals surface area contributed by atoms with Crippen molar-refractivity contribution in [2.45, 2.75) is 6.18 Å². The summed E-state index contributed by atoms with van der Waals surface area (Å²) < 4.78 is 50.1. The van der Waals surface area contributed by atoms with Crippen LogP contribution in [0.5, 0.6) is 11.5 Å². The van der Waals surface area contributed by atoms with Crippen LogP contribution in [0.15, 0.2) is 53.1 Å². The van der Waals surface area contributed by atoms with Crippen LogP contribution in [-0.4, -0.2) is 60.2 Å². The van der Waals surface area contributed by atoms with Crippen LogP contribution in [-0.2, 0) is 18.9 Å². The highest BCUT2D eigenvalue weighted by Crippen LogP contribution is 2.36. The van der Waals surface area contributed by atoms with Gasteiger partial charge in [0.1, 0.15) is 10.5 Å². The third-order valence-corrected chi connectivity index (χ3v) is 5.53. The highest BCUT2D eigenvalue weighted by molar-refractivity contribution is 6.36. The summed E-state index contributed by atoms with van der Waals surface area (Å²) in [5, 5.41) is 6.74. The van der Waals surface area contributed by atoms with Crippen molar-refractivity contribution in [3.8, 4) is 11.5 Å². The van der Waals surface area contributed by atoms with Gasteiger partial charge >= 0.3 is 6.18 Å². The number of aromatic nitrogens is 6. The van der Waals surface area contributed by atoms with Crippen molar-refractivity contribution in [2.75, 3.05) is 19.4 Å². The molecule has 0 radical (unpaired) electrons. The van der Waals surface area contributed by atoms with Crippen LogP contribution < -0.4 is 15.6 Å². The molecule has 194 valence electrons. The quantitative estimate of drug-likeness (QED) is 0.218. The Kier molecular flexibility index (Phi) is 6.69. The van der Waals surface area contributed by atoms with E-state index in [1.807, 2.05) is 0 Å². The highest BCUT2D eigenvalue weighted by atomic mass is 35.5. The van der Waals surface area contributed by atoms with E-state index in [0.29, 0.717) is 6.08 Å². The molecule has 0 saturated heterocycles. The average Bonchev–Trinajstić information content (AvgIpc) is 3.37. The molecular weight excluding hydrogens is 517 g/mol. The standard InChI is InChI=1S/C22H20ClF3N8O3/c1-31(2)10-12(22(24,25)26)7-13(11-35)29-21-30-19-18(33(21)4)16(23)14(8-27-19)37-15-9-28-34-6-5-32(3)20(36)17(15)34/h5-11H,1-4H3,(H,27,29,30)/b12-10+,13-7+. The average molecular weight is 537 g/mol. The monoisotopic (exact) mass is 536 g/mol. The Balaban J connectivity index is 1.72. The van der Waals surface area contributed by atoms with Crippen LogP contribution in [0.1, 0.15) is 0 Å². The SMILES string of the molecule is CN(C)/C=C(\C=C(/C=O)Nc1nc2ncc(Oc3cnn4ccn(C)c(=O)c34)c(Cl)c2n1C)C(F)(F)F. The molecule has 4 aromatic rings. The maximum absolute atomic E-state index is 13.4. The molecule has 0 aliphatic heterocycles. The largest absolute Gasteiger partial charge is 0.450 e. The molecule has 4 aromatic heterocycles. The smallest absolute Gasteiger partial charge is 0.417 e. The van der Waals surface area contributed by atoms with E-state index < -0.39 is 17.4 Å². The lowest BCUT2D eigenvalue weighted by molar-refractivity contribution is -0.104. The molecule has 4 rings (SSSR count). The summed E-state index contributed by atoms with van der Waals surface area (Å²) in [6.07, 6.45) is 2.84. The van der Waals surface area contributed by atoms with E-state index in [1.54, 1.807) is 19.4 Å². The van der Waals surface area contributed by atoms with Gasteiger partial charge in [0.05, 0.1) is 23.7 Å². The summed E-state index contributed by atoms with van der Waals surface area (Å²) in [7, 11) is 5.97. The van der Waals surface area contributed by atoms with Crippen LogP contribution >= 0.6 is 11.6 Å². The molecule has 37 heavy (non-hydrogen) atoms. The van der Waals surface area contributed by atoms with E-state index in [1.165, 1.54) is 52.1 Å². The van der Waals surface area contributed by atoms with Crippen molar-refractivity contribution >= 4 is 40.5 Å². The summed E-state index contributed by atoms with van der Waals surface area (Å²) in [5.41, 5.74) is -1.18. The number of aryl methyl sites for hydroxylation is 2. The summed E-state index contributed by atoms with van der Waals surface area (Å²) in [5.74, 6) is 0.239. The van der Waals surface area contributed by atoms with Gasteiger partial charge in [-0.2, -0.15) is 23.3 Å². The Morgan fingerprint density at radius 3 is 2.54 bits per heavy atom. The van der Waals surface area contributed by atoms with E-state index >= 15 is 0 Å².